The molecule has 2 heterocycles. The summed E-state index contributed by atoms with van der Waals surface area (Å²) in [6.07, 6.45) is 2.24. The summed E-state index contributed by atoms with van der Waals surface area (Å²) in [5, 5.41) is 8.90. The molecule has 2 aromatic heterocycles. The molecular weight excluding hydrogens is 250 g/mol. The lowest BCUT2D eigenvalue weighted by atomic mass is 10.3. The highest BCUT2D eigenvalue weighted by Crippen LogP contribution is 2.27. The molecule has 0 radical (unpaired) electrons. The van der Waals surface area contributed by atoms with Crippen LogP contribution in [0.2, 0.25) is 0 Å². The summed E-state index contributed by atoms with van der Waals surface area (Å²) in [4.78, 5) is 4.51. The molecule has 98 valence electrons. The van der Waals surface area contributed by atoms with E-state index < -0.39 is 0 Å². The minimum Gasteiger partial charge on any atom is -0.453 e. The molecule has 3 aromatic rings. The third-order valence-electron chi connectivity index (χ3n) is 3.13. The van der Waals surface area contributed by atoms with Crippen LogP contribution in [0.4, 0.5) is 0 Å². The van der Waals surface area contributed by atoms with Crippen molar-refractivity contribution in [2.75, 3.05) is 0 Å². The van der Waals surface area contributed by atoms with Gasteiger partial charge < -0.3 is 4.74 Å². The fourth-order valence-electron chi connectivity index (χ4n) is 2.19. The van der Waals surface area contributed by atoms with Crippen molar-refractivity contribution in [3.8, 4) is 17.6 Å². The van der Waals surface area contributed by atoms with Gasteiger partial charge in [-0.2, -0.15) is 5.26 Å². The van der Waals surface area contributed by atoms with Gasteiger partial charge in [-0.25, -0.2) is 4.98 Å². The zero-order chi connectivity index (χ0) is 13.9. The first-order valence-corrected chi connectivity index (χ1v) is 6.36. The lowest BCUT2D eigenvalue weighted by Crippen LogP contribution is -1.94. The van der Waals surface area contributed by atoms with Gasteiger partial charge in [0.15, 0.2) is 11.4 Å². The summed E-state index contributed by atoms with van der Waals surface area (Å²) in [7, 11) is 0. The van der Waals surface area contributed by atoms with Crippen LogP contribution in [0.1, 0.15) is 11.4 Å². The highest BCUT2D eigenvalue weighted by Gasteiger charge is 2.12. The van der Waals surface area contributed by atoms with Gasteiger partial charge in [-0.3, -0.25) is 4.40 Å². The maximum Gasteiger partial charge on any atom is 0.180 e. The van der Waals surface area contributed by atoms with Gasteiger partial charge in [-0.1, -0.05) is 18.2 Å². The monoisotopic (exact) mass is 263 g/mol. The first-order chi connectivity index (χ1) is 9.79. The maximum absolute atomic E-state index is 8.90. The lowest BCUT2D eigenvalue weighted by Gasteiger charge is -2.07. The number of imidazole rings is 1. The smallest absolute Gasteiger partial charge is 0.180 e. The Morgan fingerprint density at radius 1 is 1.20 bits per heavy atom. The van der Waals surface area contributed by atoms with Crippen molar-refractivity contribution in [1.82, 2.24) is 9.38 Å². The number of nitriles is 1. The molecule has 0 unspecified atom stereocenters. The molecule has 0 bridgehead atoms. The van der Waals surface area contributed by atoms with E-state index in [1.807, 2.05) is 60.0 Å². The lowest BCUT2D eigenvalue weighted by molar-refractivity contribution is 0.484. The summed E-state index contributed by atoms with van der Waals surface area (Å²) in [6, 6.07) is 15.5. The van der Waals surface area contributed by atoms with Crippen molar-refractivity contribution < 1.29 is 4.74 Å². The van der Waals surface area contributed by atoms with Gasteiger partial charge in [-0.15, -0.1) is 0 Å². The summed E-state index contributed by atoms with van der Waals surface area (Å²) >= 11 is 0. The molecule has 0 atom stereocenters. The van der Waals surface area contributed by atoms with Crippen molar-refractivity contribution >= 4 is 5.65 Å². The van der Waals surface area contributed by atoms with E-state index >= 15 is 0 Å². The van der Waals surface area contributed by atoms with Gasteiger partial charge in [0, 0.05) is 6.20 Å². The van der Waals surface area contributed by atoms with E-state index in [0.29, 0.717) is 12.2 Å². The third-order valence-corrected chi connectivity index (χ3v) is 3.13. The number of ether oxygens (including phenoxy) is 1. The first-order valence-electron chi connectivity index (χ1n) is 6.36. The molecule has 0 N–H and O–H groups in total. The van der Waals surface area contributed by atoms with Crippen LogP contribution < -0.4 is 4.74 Å². The summed E-state index contributed by atoms with van der Waals surface area (Å²) in [5.74, 6) is 1.45. The Morgan fingerprint density at radius 2 is 2.00 bits per heavy atom. The molecule has 1 aromatic carbocycles. The van der Waals surface area contributed by atoms with E-state index in [1.165, 1.54) is 0 Å². The molecule has 0 saturated heterocycles. The number of fused-ring (bicyclic) bond motifs is 1. The molecule has 0 amide bonds. The molecule has 0 aliphatic rings. The van der Waals surface area contributed by atoms with Crippen LogP contribution in [0.15, 0.2) is 48.7 Å². The van der Waals surface area contributed by atoms with Crippen molar-refractivity contribution in [3.05, 3.63) is 60.0 Å². The molecule has 0 aliphatic heterocycles. The molecule has 0 fully saturated rings. The Labute approximate surface area is 116 Å². The Bertz CT molecular complexity index is 785. The number of aromatic nitrogens is 2. The standard InChI is InChI=1S/C16H13N3O/c1-12-14(9-10-17)19-11-5-8-15(16(19)18-12)20-13-6-3-2-4-7-13/h2-8,11H,9H2,1H3. The number of aryl methyl sites for hydroxylation is 1. The van der Waals surface area contributed by atoms with Crippen LogP contribution in [-0.2, 0) is 6.42 Å². The van der Waals surface area contributed by atoms with Crippen LogP contribution >= 0.6 is 0 Å². The van der Waals surface area contributed by atoms with E-state index in [-0.39, 0.29) is 0 Å². The van der Waals surface area contributed by atoms with Gasteiger partial charge >= 0.3 is 0 Å². The van der Waals surface area contributed by atoms with Gasteiger partial charge in [0.2, 0.25) is 0 Å². The predicted molar refractivity (Wildman–Crippen MR) is 75.8 cm³/mol. The zero-order valence-electron chi connectivity index (χ0n) is 11.1. The minimum atomic E-state index is 0.335. The SMILES string of the molecule is Cc1nc2c(Oc3ccccc3)cccn2c1CC#N. The maximum atomic E-state index is 8.90. The molecule has 4 nitrogen and oxygen atoms in total. The highest BCUT2D eigenvalue weighted by molar-refractivity contribution is 5.57. The van der Waals surface area contributed by atoms with Crippen molar-refractivity contribution in [2.24, 2.45) is 0 Å². The minimum absolute atomic E-state index is 0.335. The first kappa shape index (κ1) is 12.2. The van der Waals surface area contributed by atoms with Crippen LogP contribution in [0.5, 0.6) is 11.5 Å². The second-order valence-electron chi connectivity index (χ2n) is 4.46. The van der Waals surface area contributed by atoms with Gasteiger partial charge in [0.25, 0.3) is 0 Å². The molecule has 0 spiro atoms. The van der Waals surface area contributed by atoms with E-state index in [4.69, 9.17) is 10.00 Å². The second kappa shape index (κ2) is 5.06. The average Bonchev–Trinajstić information content (AvgIpc) is 2.78. The van der Waals surface area contributed by atoms with Crippen molar-refractivity contribution in [2.45, 2.75) is 13.3 Å². The van der Waals surface area contributed by atoms with Crippen LogP contribution in [0.3, 0.4) is 0 Å². The number of nitrogens with zero attached hydrogens (tertiary/aromatic N) is 3. The Kier molecular flexibility index (Phi) is 3.10. The van der Waals surface area contributed by atoms with Gasteiger partial charge in [0.1, 0.15) is 5.75 Å². The normalized spacial score (nSPS) is 10.4. The molecule has 20 heavy (non-hydrogen) atoms. The molecule has 0 aliphatic carbocycles. The second-order valence-corrected chi connectivity index (χ2v) is 4.46. The van der Waals surface area contributed by atoms with Crippen LogP contribution in [-0.4, -0.2) is 9.38 Å². The number of para-hydroxylation sites is 1. The number of hydrogen-bond donors (Lipinski definition) is 0. The van der Waals surface area contributed by atoms with E-state index in [0.717, 1.165) is 22.8 Å². The topological polar surface area (TPSA) is 50.3 Å². The number of pyridine rings is 1. The van der Waals surface area contributed by atoms with E-state index in [9.17, 15) is 0 Å². The van der Waals surface area contributed by atoms with E-state index in [1.54, 1.807) is 0 Å². The Balaban J connectivity index is 2.09. The van der Waals surface area contributed by atoms with Crippen LogP contribution in [0.25, 0.3) is 5.65 Å². The van der Waals surface area contributed by atoms with E-state index in [2.05, 4.69) is 11.1 Å². The molecule has 3 rings (SSSR count). The van der Waals surface area contributed by atoms with Gasteiger partial charge in [-0.05, 0) is 31.2 Å². The highest BCUT2D eigenvalue weighted by atomic mass is 16.5. The van der Waals surface area contributed by atoms with Crippen molar-refractivity contribution in [3.63, 3.8) is 0 Å². The quantitative estimate of drug-likeness (QED) is 0.726. The Morgan fingerprint density at radius 3 is 2.75 bits per heavy atom. The number of hydrogen-bond acceptors (Lipinski definition) is 3. The largest absolute Gasteiger partial charge is 0.453 e. The third kappa shape index (κ3) is 2.10. The van der Waals surface area contributed by atoms with Crippen LogP contribution in [0, 0.1) is 18.3 Å². The summed E-state index contributed by atoms with van der Waals surface area (Å²) in [5.41, 5.74) is 2.50. The van der Waals surface area contributed by atoms with Crippen molar-refractivity contribution in [1.29, 1.82) is 5.26 Å². The zero-order valence-corrected chi connectivity index (χ0v) is 11.1. The van der Waals surface area contributed by atoms with Gasteiger partial charge in [0.05, 0.1) is 23.9 Å². The summed E-state index contributed by atoms with van der Waals surface area (Å²) < 4.78 is 7.79. The molecular formula is C16H13N3O. The molecule has 4 heteroatoms. The fraction of sp³-hybridized carbons (Fsp3) is 0.125. The fourth-order valence-corrected chi connectivity index (χ4v) is 2.19. The summed E-state index contributed by atoms with van der Waals surface area (Å²) in [6.45, 7) is 1.91. The Hall–Kier alpha value is -2.80. The average molecular weight is 263 g/mol. The number of benzene rings is 1. The number of rotatable bonds is 3. The molecule has 0 saturated carbocycles. The predicted octanol–water partition coefficient (Wildman–Crippen LogP) is 3.50.